The van der Waals surface area contributed by atoms with E-state index in [1.165, 1.54) is 0 Å². The number of aromatic amines is 1. The second kappa shape index (κ2) is 4.04. The van der Waals surface area contributed by atoms with Crippen LogP contribution in [-0.2, 0) is 4.74 Å². The lowest BCUT2D eigenvalue weighted by Crippen LogP contribution is -2.06. The van der Waals surface area contributed by atoms with Crippen LogP contribution in [0.1, 0.15) is 17.5 Å². The Bertz CT molecular complexity index is 278. The summed E-state index contributed by atoms with van der Waals surface area (Å²) in [4.78, 5) is 17.6. The highest BCUT2D eigenvalue weighted by atomic mass is 79.9. The van der Waals surface area contributed by atoms with Crippen molar-refractivity contribution in [1.29, 1.82) is 0 Å². The van der Waals surface area contributed by atoms with E-state index < -0.39 is 5.97 Å². The fraction of sp³-hybridized carbons (Fsp3) is 0.333. The summed E-state index contributed by atoms with van der Waals surface area (Å²) in [5.41, 5.74) is 0. The molecule has 66 valence electrons. The molecule has 0 aromatic carbocycles. The van der Waals surface area contributed by atoms with Crippen LogP contribution in [0.4, 0.5) is 0 Å². The first kappa shape index (κ1) is 9.73. The highest BCUT2D eigenvalue weighted by Gasteiger charge is 2.13. The van der Waals surface area contributed by atoms with E-state index in [0.717, 1.165) is 0 Å². The molecule has 6 heteroatoms. The van der Waals surface area contributed by atoms with Crippen molar-refractivity contribution in [3.8, 4) is 0 Å². The number of ether oxygens (including phenoxy) is 1. The first-order valence-corrected chi connectivity index (χ1v) is 4.82. The summed E-state index contributed by atoms with van der Waals surface area (Å²) in [7, 11) is 0. The number of nitrogens with one attached hydrogen (secondary N) is 1. The van der Waals surface area contributed by atoms with Gasteiger partial charge in [0.15, 0.2) is 0 Å². The molecule has 12 heavy (non-hydrogen) atoms. The topological polar surface area (TPSA) is 55.0 Å². The maximum absolute atomic E-state index is 11.1. The number of hydrogen-bond acceptors (Lipinski definition) is 3. The van der Waals surface area contributed by atoms with Gasteiger partial charge in [-0.1, -0.05) is 0 Å². The molecular weight excluding hydrogens is 292 g/mol. The maximum atomic E-state index is 11.1. The number of imidazole rings is 1. The smallest absolute Gasteiger partial charge is 0.374 e. The van der Waals surface area contributed by atoms with Gasteiger partial charge < -0.3 is 9.72 Å². The van der Waals surface area contributed by atoms with Gasteiger partial charge in [-0.2, -0.15) is 0 Å². The van der Waals surface area contributed by atoms with E-state index in [-0.39, 0.29) is 5.82 Å². The predicted molar refractivity (Wildman–Crippen MR) is 49.9 cm³/mol. The van der Waals surface area contributed by atoms with Crippen LogP contribution in [0.2, 0.25) is 0 Å². The summed E-state index contributed by atoms with van der Waals surface area (Å²) in [5, 5.41) is 0. The largest absolute Gasteiger partial charge is 0.460 e. The minimum absolute atomic E-state index is 0.190. The molecule has 1 aromatic heterocycles. The monoisotopic (exact) mass is 296 g/mol. The van der Waals surface area contributed by atoms with Crippen LogP contribution in [0.25, 0.3) is 0 Å². The minimum atomic E-state index is -0.455. The molecule has 4 nitrogen and oxygen atoms in total. The third kappa shape index (κ3) is 2.07. The Morgan fingerprint density at radius 3 is 2.75 bits per heavy atom. The molecule has 0 saturated carbocycles. The molecule has 1 heterocycles. The van der Waals surface area contributed by atoms with Crippen molar-refractivity contribution in [1.82, 2.24) is 9.97 Å². The van der Waals surface area contributed by atoms with Crippen LogP contribution in [-0.4, -0.2) is 22.5 Å². The van der Waals surface area contributed by atoms with E-state index in [1.807, 2.05) is 0 Å². The summed E-state index contributed by atoms with van der Waals surface area (Å²) in [6.07, 6.45) is 0. The number of H-pyrrole nitrogens is 1. The SMILES string of the molecule is CCOC(=O)c1nc(Br)c(Br)[nH]1. The van der Waals surface area contributed by atoms with Crippen LogP contribution in [0.3, 0.4) is 0 Å². The fourth-order valence-electron chi connectivity index (χ4n) is 0.627. The van der Waals surface area contributed by atoms with Gasteiger partial charge in [0.1, 0.15) is 9.21 Å². The number of nitrogens with zero attached hydrogens (tertiary/aromatic N) is 1. The van der Waals surface area contributed by atoms with Crippen LogP contribution in [0, 0.1) is 0 Å². The third-order valence-electron chi connectivity index (χ3n) is 1.09. The van der Waals surface area contributed by atoms with E-state index in [0.29, 0.717) is 15.8 Å². The molecule has 0 atom stereocenters. The van der Waals surface area contributed by atoms with Crippen molar-refractivity contribution in [3.63, 3.8) is 0 Å². The number of esters is 1. The highest BCUT2D eigenvalue weighted by Crippen LogP contribution is 2.19. The molecule has 0 bridgehead atoms. The van der Waals surface area contributed by atoms with E-state index in [9.17, 15) is 4.79 Å². The Kier molecular flexibility index (Phi) is 3.28. The zero-order chi connectivity index (χ0) is 9.14. The van der Waals surface area contributed by atoms with Gasteiger partial charge in [0.2, 0.25) is 5.82 Å². The lowest BCUT2D eigenvalue weighted by Gasteiger charge is -1.95. The first-order valence-electron chi connectivity index (χ1n) is 3.23. The average Bonchev–Trinajstić information content (AvgIpc) is 2.33. The predicted octanol–water partition coefficient (Wildman–Crippen LogP) is 2.11. The fourth-order valence-corrected chi connectivity index (χ4v) is 1.18. The van der Waals surface area contributed by atoms with Gasteiger partial charge in [0.05, 0.1) is 6.61 Å². The molecule has 0 unspecified atom stereocenters. The lowest BCUT2D eigenvalue weighted by atomic mass is 10.6. The van der Waals surface area contributed by atoms with E-state index in [4.69, 9.17) is 4.74 Å². The van der Waals surface area contributed by atoms with Crippen molar-refractivity contribution < 1.29 is 9.53 Å². The molecule has 0 aliphatic rings. The van der Waals surface area contributed by atoms with Crippen molar-refractivity contribution in [3.05, 3.63) is 15.0 Å². The van der Waals surface area contributed by atoms with Gasteiger partial charge in [0, 0.05) is 0 Å². The van der Waals surface area contributed by atoms with Crippen LogP contribution < -0.4 is 0 Å². The summed E-state index contributed by atoms with van der Waals surface area (Å²) in [5.74, 6) is -0.264. The number of hydrogen-bond donors (Lipinski definition) is 1. The Labute approximate surface area is 86.0 Å². The zero-order valence-electron chi connectivity index (χ0n) is 6.23. The van der Waals surface area contributed by atoms with Gasteiger partial charge in [-0.05, 0) is 38.8 Å². The van der Waals surface area contributed by atoms with Gasteiger partial charge >= 0.3 is 5.97 Å². The Balaban J connectivity index is 2.82. The van der Waals surface area contributed by atoms with Gasteiger partial charge in [-0.15, -0.1) is 0 Å². The van der Waals surface area contributed by atoms with E-state index in [2.05, 4.69) is 41.8 Å². The van der Waals surface area contributed by atoms with Gasteiger partial charge in [-0.3, -0.25) is 0 Å². The first-order chi connectivity index (χ1) is 5.65. The molecule has 1 N–H and O–H groups in total. The molecule has 1 aromatic rings. The summed E-state index contributed by atoms with van der Waals surface area (Å²) < 4.78 is 5.91. The lowest BCUT2D eigenvalue weighted by molar-refractivity contribution is 0.0513. The molecule has 0 fully saturated rings. The number of rotatable bonds is 2. The minimum Gasteiger partial charge on any atom is -0.460 e. The standard InChI is InChI=1S/C6H6Br2N2O2/c1-2-12-6(11)5-9-3(7)4(8)10-5/h2H2,1H3,(H,9,10). The molecule has 0 aliphatic carbocycles. The molecule has 0 radical (unpaired) electrons. The van der Waals surface area contributed by atoms with Crippen molar-refractivity contribution in [2.45, 2.75) is 6.92 Å². The summed E-state index contributed by atoms with van der Waals surface area (Å²) in [6, 6.07) is 0. The Morgan fingerprint density at radius 2 is 2.33 bits per heavy atom. The number of halogens is 2. The Morgan fingerprint density at radius 1 is 1.67 bits per heavy atom. The van der Waals surface area contributed by atoms with Crippen molar-refractivity contribution in [2.24, 2.45) is 0 Å². The van der Waals surface area contributed by atoms with Gasteiger partial charge in [0.25, 0.3) is 0 Å². The third-order valence-corrected chi connectivity index (χ3v) is 2.77. The van der Waals surface area contributed by atoms with Gasteiger partial charge in [-0.25, -0.2) is 9.78 Å². The van der Waals surface area contributed by atoms with Crippen LogP contribution in [0.5, 0.6) is 0 Å². The second-order valence-electron chi connectivity index (χ2n) is 1.91. The molecular formula is C6H6Br2N2O2. The number of carbonyl (C=O) groups is 1. The Hall–Kier alpha value is -0.360. The number of aromatic nitrogens is 2. The van der Waals surface area contributed by atoms with Crippen LogP contribution in [0.15, 0.2) is 9.21 Å². The average molecular weight is 298 g/mol. The van der Waals surface area contributed by atoms with E-state index >= 15 is 0 Å². The molecule has 0 saturated heterocycles. The van der Waals surface area contributed by atoms with Crippen molar-refractivity contribution >= 4 is 37.8 Å². The quantitative estimate of drug-likeness (QED) is 0.851. The maximum Gasteiger partial charge on any atom is 0.374 e. The van der Waals surface area contributed by atoms with Crippen LogP contribution >= 0.6 is 31.9 Å². The highest BCUT2D eigenvalue weighted by molar-refractivity contribution is 9.13. The van der Waals surface area contributed by atoms with E-state index in [1.54, 1.807) is 6.92 Å². The second-order valence-corrected chi connectivity index (χ2v) is 3.45. The molecule has 0 spiro atoms. The zero-order valence-corrected chi connectivity index (χ0v) is 9.40. The van der Waals surface area contributed by atoms with Crippen molar-refractivity contribution in [2.75, 3.05) is 6.61 Å². The molecule has 0 aliphatic heterocycles. The number of carbonyl (C=O) groups excluding carboxylic acids is 1. The molecule has 1 rings (SSSR count). The summed E-state index contributed by atoms with van der Waals surface area (Å²) >= 11 is 6.30. The normalized spacial score (nSPS) is 9.92. The summed E-state index contributed by atoms with van der Waals surface area (Å²) in [6.45, 7) is 2.08. The molecule has 0 amide bonds.